The molecule has 0 saturated heterocycles. The van der Waals surface area contributed by atoms with Gasteiger partial charge in [-0.2, -0.15) is 0 Å². The van der Waals surface area contributed by atoms with E-state index >= 15 is 0 Å². The van der Waals surface area contributed by atoms with Crippen LogP contribution in [0.5, 0.6) is 0 Å². The van der Waals surface area contributed by atoms with E-state index in [1.807, 2.05) is 0 Å². The molecule has 0 bridgehead atoms. The summed E-state index contributed by atoms with van der Waals surface area (Å²) in [4.78, 5) is 0. The third-order valence-electron chi connectivity index (χ3n) is 3.24. The van der Waals surface area contributed by atoms with Gasteiger partial charge < -0.3 is 0 Å². The molecule has 0 heterocycles. The molecule has 0 N–H and O–H groups in total. The molecule has 12 heavy (non-hydrogen) atoms. The summed E-state index contributed by atoms with van der Waals surface area (Å²) in [6.07, 6.45) is 10.1. The molecule has 1 saturated carbocycles. The van der Waals surface area contributed by atoms with Gasteiger partial charge in [-0.1, -0.05) is 43.9 Å². The fourth-order valence-electron chi connectivity index (χ4n) is 2.16. The average molecular weight is 164 g/mol. The first-order valence-corrected chi connectivity index (χ1v) is 5.01. The maximum Gasteiger partial charge on any atom is 0.00827 e. The molecule has 0 aliphatic heterocycles. The molecule has 0 nitrogen and oxygen atoms in total. The molecule has 0 aromatic carbocycles. The van der Waals surface area contributed by atoms with Crippen LogP contribution in [0, 0.1) is 5.41 Å². The Labute approximate surface area is 76.4 Å². The van der Waals surface area contributed by atoms with Crippen molar-refractivity contribution < 1.29 is 0 Å². The van der Waals surface area contributed by atoms with Crippen LogP contribution in [0.15, 0.2) is 24.8 Å². The molecule has 1 fully saturated rings. The van der Waals surface area contributed by atoms with E-state index in [9.17, 15) is 0 Å². The lowest BCUT2D eigenvalue weighted by Gasteiger charge is -2.29. The van der Waals surface area contributed by atoms with Crippen LogP contribution in [-0.4, -0.2) is 0 Å². The van der Waals surface area contributed by atoms with Crippen molar-refractivity contribution in [3.05, 3.63) is 24.8 Å². The van der Waals surface area contributed by atoms with Crippen LogP contribution in [0.1, 0.15) is 45.4 Å². The van der Waals surface area contributed by atoms with E-state index < -0.39 is 0 Å². The van der Waals surface area contributed by atoms with E-state index in [1.165, 1.54) is 44.1 Å². The quantitative estimate of drug-likeness (QED) is 0.426. The first kappa shape index (κ1) is 9.57. The molecule has 1 rings (SSSR count). The normalized spacial score (nSPS) is 22.8. The van der Waals surface area contributed by atoms with Gasteiger partial charge in [0.05, 0.1) is 0 Å². The zero-order valence-corrected chi connectivity index (χ0v) is 8.23. The molecular weight excluding hydrogens is 144 g/mol. The SMILES string of the molecule is C=CC1(C(=C)C)CCCCCC1. The van der Waals surface area contributed by atoms with Gasteiger partial charge in [0, 0.05) is 5.41 Å². The Morgan fingerprint density at radius 2 is 1.67 bits per heavy atom. The zero-order chi connectivity index (χ0) is 9.03. The Bertz CT molecular complexity index is 168. The second kappa shape index (κ2) is 3.93. The van der Waals surface area contributed by atoms with Crippen LogP contribution in [0.25, 0.3) is 0 Å². The summed E-state index contributed by atoms with van der Waals surface area (Å²) >= 11 is 0. The van der Waals surface area contributed by atoms with Crippen LogP contribution in [0.2, 0.25) is 0 Å². The lowest BCUT2D eigenvalue weighted by atomic mass is 9.75. The van der Waals surface area contributed by atoms with Crippen LogP contribution >= 0.6 is 0 Å². The van der Waals surface area contributed by atoms with Crippen molar-refractivity contribution in [1.82, 2.24) is 0 Å². The number of hydrogen-bond acceptors (Lipinski definition) is 0. The summed E-state index contributed by atoms with van der Waals surface area (Å²) in [6, 6.07) is 0. The highest BCUT2D eigenvalue weighted by Crippen LogP contribution is 2.41. The maximum absolute atomic E-state index is 4.09. The number of hydrogen-bond donors (Lipinski definition) is 0. The van der Waals surface area contributed by atoms with Crippen LogP contribution in [-0.2, 0) is 0 Å². The van der Waals surface area contributed by atoms with Crippen molar-refractivity contribution in [2.75, 3.05) is 0 Å². The minimum atomic E-state index is 0.274. The van der Waals surface area contributed by atoms with E-state index in [2.05, 4.69) is 26.2 Å². The Kier molecular flexibility index (Phi) is 3.13. The Balaban J connectivity index is 2.74. The summed E-state index contributed by atoms with van der Waals surface area (Å²) in [5, 5.41) is 0. The molecule has 0 heteroatoms. The van der Waals surface area contributed by atoms with Crippen molar-refractivity contribution in [3.8, 4) is 0 Å². The fraction of sp³-hybridized carbons (Fsp3) is 0.667. The van der Waals surface area contributed by atoms with Crippen molar-refractivity contribution in [3.63, 3.8) is 0 Å². The van der Waals surface area contributed by atoms with Gasteiger partial charge >= 0.3 is 0 Å². The van der Waals surface area contributed by atoms with Crippen molar-refractivity contribution in [2.24, 2.45) is 5.41 Å². The third kappa shape index (κ3) is 1.80. The Hall–Kier alpha value is -0.520. The van der Waals surface area contributed by atoms with E-state index in [4.69, 9.17) is 0 Å². The maximum atomic E-state index is 4.09. The average Bonchev–Trinajstić information content (AvgIpc) is 2.29. The molecule has 0 amide bonds. The van der Waals surface area contributed by atoms with Gasteiger partial charge in [0.2, 0.25) is 0 Å². The van der Waals surface area contributed by atoms with Crippen molar-refractivity contribution in [2.45, 2.75) is 45.4 Å². The predicted molar refractivity (Wildman–Crippen MR) is 55.1 cm³/mol. The summed E-state index contributed by atoms with van der Waals surface area (Å²) in [5.74, 6) is 0. The van der Waals surface area contributed by atoms with E-state index in [0.29, 0.717) is 0 Å². The first-order chi connectivity index (χ1) is 5.71. The van der Waals surface area contributed by atoms with Gasteiger partial charge in [0.1, 0.15) is 0 Å². The molecule has 0 aromatic rings. The standard InChI is InChI=1S/C12H20/c1-4-12(11(2)3)9-7-5-6-8-10-12/h4H,1-2,5-10H2,3H3. The second-order valence-corrected chi connectivity index (χ2v) is 4.05. The highest BCUT2D eigenvalue weighted by molar-refractivity contribution is 5.16. The molecule has 0 radical (unpaired) electrons. The zero-order valence-electron chi connectivity index (χ0n) is 8.23. The molecule has 1 aliphatic carbocycles. The van der Waals surface area contributed by atoms with Crippen LogP contribution in [0.4, 0.5) is 0 Å². The molecule has 0 spiro atoms. The van der Waals surface area contributed by atoms with Gasteiger partial charge in [0.15, 0.2) is 0 Å². The smallest absolute Gasteiger partial charge is 0.00827 e. The lowest BCUT2D eigenvalue weighted by Crippen LogP contribution is -2.17. The summed E-state index contributed by atoms with van der Waals surface area (Å²) in [7, 11) is 0. The first-order valence-electron chi connectivity index (χ1n) is 5.01. The summed E-state index contributed by atoms with van der Waals surface area (Å²) in [5.41, 5.74) is 1.58. The lowest BCUT2D eigenvalue weighted by molar-refractivity contribution is 0.398. The summed E-state index contributed by atoms with van der Waals surface area (Å²) < 4.78 is 0. The highest BCUT2D eigenvalue weighted by Gasteiger charge is 2.27. The molecule has 0 atom stereocenters. The van der Waals surface area contributed by atoms with Gasteiger partial charge in [-0.05, 0) is 19.8 Å². The van der Waals surface area contributed by atoms with Crippen LogP contribution < -0.4 is 0 Å². The minimum absolute atomic E-state index is 0.274. The summed E-state index contributed by atoms with van der Waals surface area (Å²) in [6.45, 7) is 10.2. The van der Waals surface area contributed by atoms with E-state index in [1.54, 1.807) is 0 Å². The van der Waals surface area contributed by atoms with Crippen molar-refractivity contribution >= 4 is 0 Å². The van der Waals surface area contributed by atoms with Crippen molar-refractivity contribution in [1.29, 1.82) is 0 Å². The van der Waals surface area contributed by atoms with Crippen LogP contribution in [0.3, 0.4) is 0 Å². The second-order valence-electron chi connectivity index (χ2n) is 4.05. The van der Waals surface area contributed by atoms with Gasteiger partial charge in [0.25, 0.3) is 0 Å². The molecule has 0 unspecified atom stereocenters. The van der Waals surface area contributed by atoms with Gasteiger partial charge in [-0.15, -0.1) is 6.58 Å². The molecule has 0 aromatic heterocycles. The molecule has 68 valence electrons. The van der Waals surface area contributed by atoms with Gasteiger partial charge in [-0.3, -0.25) is 0 Å². The topological polar surface area (TPSA) is 0 Å². The number of allylic oxidation sites excluding steroid dienone is 2. The monoisotopic (exact) mass is 164 g/mol. The van der Waals surface area contributed by atoms with E-state index in [0.717, 1.165) is 0 Å². The largest absolute Gasteiger partial charge is 0.102 e. The third-order valence-corrected chi connectivity index (χ3v) is 3.24. The highest BCUT2D eigenvalue weighted by atomic mass is 14.3. The van der Waals surface area contributed by atoms with E-state index in [-0.39, 0.29) is 5.41 Å². The Morgan fingerprint density at radius 3 is 2.00 bits per heavy atom. The minimum Gasteiger partial charge on any atom is -0.102 e. The molecule has 1 aliphatic rings. The Morgan fingerprint density at radius 1 is 1.17 bits per heavy atom. The molecular formula is C12H20. The van der Waals surface area contributed by atoms with Gasteiger partial charge in [-0.25, -0.2) is 0 Å². The fourth-order valence-corrected chi connectivity index (χ4v) is 2.16. The predicted octanol–water partition coefficient (Wildman–Crippen LogP) is 4.09. The number of rotatable bonds is 2.